The van der Waals surface area contributed by atoms with Crippen molar-refractivity contribution in [3.63, 3.8) is 0 Å². The summed E-state index contributed by atoms with van der Waals surface area (Å²) < 4.78 is 10.1. The van der Waals surface area contributed by atoms with Crippen LogP contribution in [0.1, 0.15) is 27.2 Å². The number of fused-ring (bicyclic) bond motifs is 2. The highest BCUT2D eigenvalue weighted by atomic mass is 35.5. The Bertz CT molecular complexity index is 1280. The number of esters is 1. The molecular weight excluding hydrogens is 500 g/mol. The quantitative estimate of drug-likeness (QED) is 0.362. The minimum absolute atomic E-state index is 0.457. The SMILES string of the molecule is CCC(C)(S)C(=O)OC(C)OC(=O)N1C(N2CCN(C)CC2)=c2ccccc2=Nc2ccc(Cl)cc21. The van der Waals surface area contributed by atoms with Gasteiger partial charge in [-0.15, -0.1) is 0 Å². The van der Waals surface area contributed by atoms with E-state index in [9.17, 15) is 9.59 Å². The number of benzene rings is 2. The van der Waals surface area contributed by atoms with Crippen molar-refractivity contribution in [2.75, 3.05) is 38.1 Å². The summed E-state index contributed by atoms with van der Waals surface area (Å²) in [6.45, 7) is 8.09. The topological polar surface area (TPSA) is 74.7 Å². The van der Waals surface area contributed by atoms with Crippen molar-refractivity contribution >= 4 is 53.5 Å². The molecule has 36 heavy (non-hydrogen) atoms. The maximum absolute atomic E-state index is 13.8. The highest BCUT2D eigenvalue weighted by Gasteiger charge is 2.35. The van der Waals surface area contributed by atoms with Crippen molar-refractivity contribution in [1.82, 2.24) is 9.80 Å². The van der Waals surface area contributed by atoms with Gasteiger partial charge in [-0.2, -0.15) is 12.6 Å². The van der Waals surface area contributed by atoms with E-state index in [4.69, 9.17) is 26.1 Å². The molecule has 0 saturated carbocycles. The van der Waals surface area contributed by atoms with E-state index in [2.05, 4.69) is 29.5 Å². The second kappa shape index (κ2) is 10.7. The molecule has 0 spiro atoms. The van der Waals surface area contributed by atoms with Crippen molar-refractivity contribution in [3.8, 4) is 0 Å². The van der Waals surface area contributed by atoms with E-state index in [0.29, 0.717) is 41.7 Å². The number of thiol groups is 1. The van der Waals surface area contributed by atoms with Crippen LogP contribution in [0.2, 0.25) is 5.02 Å². The van der Waals surface area contributed by atoms with E-state index in [1.807, 2.05) is 31.2 Å². The zero-order chi connectivity index (χ0) is 26.0. The minimum atomic E-state index is -1.13. The van der Waals surface area contributed by atoms with E-state index < -0.39 is 23.1 Å². The van der Waals surface area contributed by atoms with Gasteiger partial charge in [0.2, 0.25) is 6.29 Å². The first-order valence-corrected chi connectivity index (χ1v) is 12.8. The third kappa shape index (κ3) is 5.48. The number of likely N-dealkylation sites (N-methyl/N-ethyl adjacent to an activating group) is 1. The molecule has 2 atom stereocenters. The number of anilines is 1. The van der Waals surface area contributed by atoms with Crippen LogP contribution < -0.4 is 15.5 Å². The second-order valence-electron chi connectivity index (χ2n) is 9.20. The first-order valence-electron chi connectivity index (χ1n) is 12.0. The maximum Gasteiger partial charge on any atom is 0.423 e. The Kier molecular flexibility index (Phi) is 7.82. The molecule has 0 bridgehead atoms. The molecule has 2 heterocycles. The number of hydrogen-bond donors (Lipinski definition) is 1. The first-order chi connectivity index (χ1) is 17.1. The lowest BCUT2D eigenvalue weighted by molar-refractivity contribution is -0.167. The lowest BCUT2D eigenvalue weighted by Gasteiger charge is -2.39. The monoisotopic (exact) mass is 530 g/mol. The fraction of sp³-hybridized carbons (Fsp3) is 0.423. The summed E-state index contributed by atoms with van der Waals surface area (Å²) in [5, 5.41) is 1.99. The van der Waals surface area contributed by atoms with Gasteiger partial charge in [-0.25, -0.2) is 14.7 Å². The Morgan fingerprint density at radius 1 is 1.14 bits per heavy atom. The van der Waals surface area contributed by atoms with Crippen LogP contribution >= 0.6 is 24.2 Å². The molecular formula is C26H31ClN4O4S. The van der Waals surface area contributed by atoms with Gasteiger partial charge < -0.3 is 19.3 Å². The third-order valence-electron chi connectivity index (χ3n) is 6.43. The number of nitrogens with zero attached hydrogens (tertiary/aromatic N) is 4. The van der Waals surface area contributed by atoms with Crippen molar-refractivity contribution in [2.45, 2.75) is 38.2 Å². The number of para-hydroxylation sites is 1. The zero-order valence-corrected chi connectivity index (χ0v) is 22.6. The Morgan fingerprint density at radius 2 is 1.83 bits per heavy atom. The summed E-state index contributed by atoms with van der Waals surface area (Å²) in [5.41, 5.74) is 1.07. The molecule has 2 aromatic rings. The van der Waals surface area contributed by atoms with E-state index >= 15 is 0 Å². The highest BCUT2D eigenvalue weighted by Crippen LogP contribution is 2.36. The molecule has 2 aliphatic heterocycles. The molecule has 0 radical (unpaired) electrons. The summed E-state index contributed by atoms with van der Waals surface area (Å²) in [5.74, 6) is 0.0937. The highest BCUT2D eigenvalue weighted by molar-refractivity contribution is 7.82. The molecule has 1 saturated heterocycles. The first kappa shape index (κ1) is 26.3. The summed E-state index contributed by atoms with van der Waals surface area (Å²) in [6.07, 6.45) is -1.36. The molecule has 0 N–H and O–H groups in total. The number of halogens is 1. The van der Waals surface area contributed by atoms with E-state index in [1.165, 1.54) is 11.8 Å². The van der Waals surface area contributed by atoms with Crippen LogP contribution in [0.5, 0.6) is 0 Å². The number of rotatable bonds is 5. The smallest absolute Gasteiger partial charge is 0.423 e. The number of amides is 1. The molecule has 2 unspecified atom stereocenters. The van der Waals surface area contributed by atoms with Crippen molar-refractivity contribution < 1.29 is 19.1 Å². The second-order valence-corrected chi connectivity index (χ2v) is 10.6. The van der Waals surface area contributed by atoms with Crippen LogP contribution in [-0.4, -0.2) is 66.1 Å². The van der Waals surface area contributed by atoms with E-state index in [0.717, 1.165) is 23.7 Å². The molecule has 2 aliphatic rings. The van der Waals surface area contributed by atoms with Gasteiger partial charge in [0.1, 0.15) is 10.6 Å². The van der Waals surface area contributed by atoms with E-state index in [1.54, 1.807) is 25.1 Å². The zero-order valence-electron chi connectivity index (χ0n) is 20.9. The van der Waals surface area contributed by atoms with Crippen LogP contribution in [0.15, 0.2) is 47.5 Å². The average molecular weight is 531 g/mol. The van der Waals surface area contributed by atoms with Gasteiger partial charge in [0.05, 0.1) is 16.7 Å². The fourth-order valence-electron chi connectivity index (χ4n) is 4.05. The van der Waals surface area contributed by atoms with Crippen molar-refractivity contribution in [1.29, 1.82) is 0 Å². The standard InChI is InChI=1S/C26H31ClN4O4S/c1-5-26(3,36)24(32)34-17(2)35-25(33)31-22-16-18(27)10-11-21(22)28-20-9-7-6-8-19(20)23(31)30-14-12-29(4)13-15-30/h6-11,16-17,36H,5,12-15H2,1-4H3. The van der Waals surface area contributed by atoms with Crippen LogP contribution in [0.3, 0.4) is 0 Å². The molecule has 1 fully saturated rings. The van der Waals surface area contributed by atoms with Gasteiger partial charge in [0, 0.05) is 43.3 Å². The Morgan fingerprint density at radius 3 is 2.53 bits per heavy atom. The molecule has 10 heteroatoms. The normalized spacial score (nSPS) is 18.2. The molecule has 0 aliphatic carbocycles. The van der Waals surface area contributed by atoms with Gasteiger partial charge in [-0.05, 0) is 50.7 Å². The minimum Gasteiger partial charge on any atom is -0.424 e. The molecule has 4 rings (SSSR count). The maximum atomic E-state index is 13.8. The molecule has 0 aromatic heterocycles. The average Bonchev–Trinajstić information content (AvgIpc) is 2.98. The Balaban J connectivity index is 1.79. The lowest BCUT2D eigenvalue weighted by Crippen LogP contribution is -2.51. The van der Waals surface area contributed by atoms with Gasteiger partial charge in [0.15, 0.2) is 0 Å². The predicted octanol–water partition coefficient (Wildman–Crippen LogP) is 3.55. The third-order valence-corrected chi connectivity index (χ3v) is 7.16. The van der Waals surface area contributed by atoms with Gasteiger partial charge in [0.25, 0.3) is 0 Å². The van der Waals surface area contributed by atoms with Gasteiger partial charge >= 0.3 is 12.1 Å². The fourth-order valence-corrected chi connectivity index (χ4v) is 4.27. The molecule has 1 amide bonds. The number of carbonyl (C=O) groups is 2. The number of piperazine rings is 1. The summed E-state index contributed by atoms with van der Waals surface area (Å²) in [6, 6.07) is 12.9. The van der Waals surface area contributed by atoms with E-state index in [-0.39, 0.29) is 0 Å². The van der Waals surface area contributed by atoms with Crippen molar-refractivity contribution in [2.24, 2.45) is 4.99 Å². The predicted molar refractivity (Wildman–Crippen MR) is 143 cm³/mol. The Labute approximate surface area is 221 Å². The molecule has 192 valence electrons. The van der Waals surface area contributed by atoms with Crippen LogP contribution in [-0.2, 0) is 14.3 Å². The van der Waals surface area contributed by atoms with Crippen LogP contribution in [0.25, 0.3) is 5.82 Å². The lowest BCUT2D eigenvalue weighted by atomic mass is 10.1. The summed E-state index contributed by atoms with van der Waals surface area (Å²) in [4.78, 5) is 37.1. The largest absolute Gasteiger partial charge is 0.424 e. The van der Waals surface area contributed by atoms with Gasteiger partial charge in [-0.3, -0.25) is 4.79 Å². The molecule has 2 aromatic carbocycles. The summed E-state index contributed by atoms with van der Waals surface area (Å²) >= 11 is 10.7. The summed E-state index contributed by atoms with van der Waals surface area (Å²) in [7, 11) is 2.07. The number of ether oxygens (including phenoxy) is 2. The molecule has 8 nitrogen and oxygen atoms in total. The van der Waals surface area contributed by atoms with Crippen LogP contribution in [0, 0.1) is 0 Å². The van der Waals surface area contributed by atoms with Crippen LogP contribution in [0.4, 0.5) is 16.2 Å². The number of carbonyl (C=O) groups excluding carboxylic acids is 2. The van der Waals surface area contributed by atoms with Gasteiger partial charge in [-0.1, -0.05) is 30.7 Å². The Hall–Kier alpha value is -2.75. The van der Waals surface area contributed by atoms with Crippen molar-refractivity contribution in [3.05, 3.63) is 58.1 Å². The number of hydrogen-bond acceptors (Lipinski definition) is 8.